The fourth-order valence-corrected chi connectivity index (χ4v) is 2.67. The lowest BCUT2D eigenvalue weighted by molar-refractivity contribution is -0.142. The summed E-state index contributed by atoms with van der Waals surface area (Å²) in [6.45, 7) is 2.05. The van der Waals surface area contributed by atoms with Gasteiger partial charge in [0, 0.05) is 0 Å². The van der Waals surface area contributed by atoms with E-state index in [1.807, 2.05) is 6.92 Å². The number of ether oxygens (including phenoxy) is 1. The second kappa shape index (κ2) is 5.16. The lowest BCUT2D eigenvalue weighted by atomic mass is 10.0. The first-order valence-electron chi connectivity index (χ1n) is 5.43. The maximum atomic E-state index is 11.5. The zero-order chi connectivity index (χ0) is 12.4. The predicted octanol–water partition coefficient (Wildman–Crippen LogP) is 1.45. The summed E-state index contributed by atoms with van der Waals surface area (Å²) in [5, 5.41) is 0. The first kappa shape index (κ1) is 12.5. The quantitative estimate of drug-likeness (QED) is 0.641. The van der Waals surface area contributed by atoms with Gasteiger partial charge in [-0.3, -0.25) is 4.79 Å². The average Bonchev–Trinajstić information content (AvgIpc) is 2.71. The number of nitrogens with one attached hydrogen (secondary N) is 2. The molecule has 1 aromatic carbocycles. The summed E-state index contributed by atoms with van der Waals surface area (Å²) in [7, 11) is 1.39. The third kappa shape index (κ3) is 2.51. The maximum Gasteiger partial charge on any atom is 0.325 e. The molecular formula is C12H15BrN2O2. The Morgan fingerprint density at radius 1 is 1.29 bits per heavy atom. The molecule has 92 valence electrons. The van der Waals surface area contributed by atoms with Crippen molar-refractivity contribution in [3.05, 3.63) is 35.4 Å². The molecule has 0 amide bonds. The Bertz CT molecular complexity index is 407. The molecule has 0 radical (unpaired) electrons. The number of halogens is 1. The fourth-order valence-electron chi connectivity index (χ4n) is 1.89. The number of hydrogen-bond acceptors (Lipinski definition) is 4. The Balaban J connectivity index is 2.14. The predicted molar refractivity (Wildman–Crippen MR) is 68.7 cm³/mol. The van der Waals surface area contributed by atoms with Gasteiger partial charge in [0.05, 0.1) is 18.0 Å². The Morgan fingerprint density at radius 3 is 2.53 bits per heavy atom. The minimum atomic E-state index is -0.369. The van der Waals surface area contributed by atoms with Gasteiger partial charge >= 0.3 is 5.97 Å². The van der Waals surface area contributed by atoms with Crippen LogP contribution in [0.15, 0.2) is 24.3 Å². The monoisotopic (exact) mass is 298 g/mol. The van der Waals surface area contributed by atoms with Crippen LogP contribution in [-0.2, 0) is 9.53 Å². The summed E-state index contributed by atoms with van der Waals surface area (Å²) in [6.07, 6.45) is 0. The van der Waals surface area contributed by atoms with E-state index in [4.69, 9.17) is 4.74 Å². The number of carbonyl (C=O) groups excluding carboxylic acids is 1. The van der Waals surface area contributed by atoms with E-state index in [9.17, 15) is 4.79 Å². The molecule has 1 fully saturated rings. The van der Waals surface area contributed by atoms with Gasteiger partial charge in [-0.1, -0.05) is 45.8 Å². The van der Waals surface area contributed by atoms with Gasteiger partial charge in [-0.05, 0) is 12.5 Å². The number of rotatable bonds is 2. The molecule has 1 aliphatic rings. The van der Waals surface area contributed by atoms with Crippen LogP contribution in [0.5, 0.6) is 0 Å². The van der Waals surface area contributed by atoms with Crippen molar-refractivity contribution in [2.45, 2.75) is 23.8 Å². The molecule has 2 N–H and O–H groups in total. The summed E-state index contributed by atoms with van der Waals surface area (Å²) in [6, 6.07) is 7.92. The number of hydrazine groups is 1. The Hall–Kier alpha value is -0.910. The number of methoxy groups -OCH3 is 1. The average molecular weight is 299 g/mol. The lowest BCUT2D eigenvalue weighted by Gasteiger charge is -2.15. The van der Waals surface area contributed by atoms with Crippen molar-refractivity contribution in [2.24, 2.45) is 0 Å². The molecule has 17 heavy (non-hydrogen) atoms. The molecule has 0 aromatic heterocycles. The van der Waals surface area contributed by atoms with E-state index in [0.717, 1.165) is 5.56 Å². The van der Waals surface area contributed by atoms with Gasteiger partial charge in [-0.15, -0.1) is 0 Å². The Labute approximate surface area is 109 Å². The molecule has 1 aromatic rings. The highest BCUT2D eigenvalue weighted by Crippen LogP contribution is 2.29. The van der Waals surface area contributed by atoms with Crippen molar-refractivity contribution >= 4 is 21.9 Å². The normalized spacial score (nSPS) is 28.1. The smallest absolute Gasteiger partial charge is 0.325 e. The molecule has 1 aliphatic heterocycles. The zero-order valence-electron chi connectivity index (χ0n) is 9.74. The van der Waals surface area contributed by atoms with E-state index < -0.39 is 0 Å². The van der Waals surface area contributed by atoms with Gasteiger partial charge in [0.15, 0.2) is 0 Å². The number of aryl methyl sites for hydroxylation is 1. The van der Waals surface area contributed by atoms with E-state index in [1.165, 1.54) is 12.7 Å². The van der Waals surface area contributed by atoms with Crippen molar-refractivity contribution in [3.63, 3.8) is 0 Å². The van der Waals surface area contributed by atoms with Crippen LogP contribution in [0.25, 0.3) is 0 Å². The highest BCUT2D eigenvalue weighted by molar-refractivity contribution is 9.09. The molecule has 5 heteroatoms. The first-order chi connectivity index (χ1) is 8.13. The molecule has 2 rings (SSSR count). The topological polar surface area (TPSA) is 50.4 Å². The number of hydrogen-bond donors (Lipinski definition) is 2. The second-order valence-electron chi connectivity index (χ2n) is 4.12. The SMILES string of the molecule is COC(=O)C1NNC(c2ccc(C)cc2)C1Br. The summed E-state index contributed by atoms with van der Waals surface area (Å²) < 4.78 is 4.74. The van der Waals surface area contributed by atoms with E-state index in [2.05, 4.69) is 51.0 Å². The molecule has 1 heterocycles. The van der Waals surface area contributed by atoms with Gasteiger partial charge in [-0.25, -0.2) is 10.9 Å². The summed E-state index contributed by atoms with van der Waals surface area (Å²) >= 11 is 3.54. The molecule has 3 unspecified atom stereocenters. The van der Waals surface area contributed by atoms with E-state index in [-0.39, 0.29) is 22.9 Å². The minimum Gasteiger partial charge on any atom is -0.468 e. The van der Waals surface area contributed by atoms with Crippen LogP contribution < -0.4 is 10.9 Å². The van der Waals surface area contributed by atoms with Crippen LogP contribution in [0, 0.1) is 6.92 Å². The summed E-state index contributed by atoms with van der Waals surface area (Å²) in [5.41, 5.74) is 8.41. The largest absolute Gasteiger partial charge is 0.468 e. The van der Waals surface area contributed by atoms with Crippen molar-refractivity contribution < 1.29 is 9.53 Å². The Morgan fingerprint density at radius 2 is 1.94 bits per heavy atom. The van der Waals surface area contributed by atoms with Crippen LogP contribution in [0.1, 0.15) is 17.2 Å². The Kier molecular flexibility index (Phi) is 3.81. The zero-order valence-corrected chi connectivity index (χ0v) is 11.3. The molecule has 0 bridgehead atoms. The highest BCUT2D eigenvalue weighted by Gasteiger charge is 2.39. The molecule has 0 saturated carbocycles. The molecule has 1 saturated heterocycles. The van der Waals surface area contributed by atoms with Crippen LogP contribution in [-0.4, -0.2) is 23.9 Å². The van der Waals surface area contributed by atoms with Crippen molar-refractivity contribution in [3.8, 4) is 0 Å². The molecule has 4 nitrogen and oxygen atoms in total. The molecule has 3 atom stereocenters. The van der Waals surface area contributed by atoms with Crippen molar-refractivity contribution in [1.82, 2.24) is 10.9 Å². The summed E-state index contributed by atoms with van der Waals surface area (Å²) in [5.74, 6) is -0.269. The minimum absolute atomic E-state index is 0.0299. The van der Waals surface area contributed by atoms with Gasteiger partial charge in [-0.2, -0.15) is 0 Å². The van der Waals surface area contributed by atoms with Gasteiger partial charge < -0.3 is 4.74 Å². The maximum absolute atomic E-state index is 11.5. The number of benzene rings is 1. The van der Waals surface area contributed by atoms with Crippen LogP contribution >= 0.6 is 15.9 Å². The first-order valence-corrected chi connectivity index (χ1v) is 6.34. The lowest BCUT2D eigenvalue weighted by Crippen LogP contribution is -2.39. The molecule has 0 aliphatic carbocycles. The number of alkyl halides is 1. The van der Waals surface area contributed by atoms with Crippen molar-refractivity contribution in [1.29, 1.82) is 0 Å². The fraction of sp³-hybridized carbons (Fsp3) is 0.417. The highest BCUT2D eigenvalue weighted by atomic mass is 79.9. The summed E-state index contributed by atoms with van der Waals surface area (Å²) in [4.78, 5) is 11.5. The van der Waals surface area contributed by atoms with Crippen LogP contribution in [0.2, 0.25) is 0 Å². The molecular weight excluding hydrogens is 284 g/mol. The molecule has 0 spiro atoms. The van der Waals surface area contributed by atoms with E-state index in [0.29, 0.717) is 0 Å². The standard InChI is InChI=1S/C12H15BrN2O2/c1-7-3-5-8(6-4-7)10-9(13)11(15-14-10)12(16)17-2/h3-6,9-11,14-15H,1-2H3. The van der Waals surface area contributed by atoms with E-state index in [1.54, 1.807) is 0 Å². The van der Waals surface area contributed by atoms with Gasteiger partial charge in [0.1, 0.15) is 6.04 Å². The van der Waals surface area contributed by atoms with Gasteiger partial charge in [0.2, 0.25) is 0 Å². The van der Waals surface area contributed by atoms with E-state index >= 15 is 0 Å². The second-order valence-corrected chi connectivity index (χ2v) is 5.18. The van der Waals surface area contributed by atoms with Crippen LogP contribution in [0.4, 0.5) is 0 Å². The third-order valence-electron chi connectivity index (χ3n) is 2.92. The number of esters is 1. The van der Waals surface area contributed by atoms with Gasteiger partial charge in [0.25, 0.3) is 0 Å². The third-order valence-corrected chi connectivity index (χ3v) is 3.98. The number of carbonyl (C=O) groups is 1. The van der Waals surface area contributed by atoms with Crippen LogP contribution in [0.3, 0.4) is 0 Å². The van der Waals surface area contributed by atoms with Crippen molar-refractivity contribution in [2.75, 3.05) is 7.11 Å².